The second-order valence-electron chi connectivity index (χ2n) is 6.25. The van der Waals surface area contributed by atoms with E-state index in [4.69, 9.17) is 0 Å². The molecule has 1 N–H and O–H groups in total. The summed E-state index contributed by atoms with van der Waals surface area (Å²) in [4.78, 5) is 0. The Labute approximate surface area is 120 Å². The predicted octanol–water partition coefficient (Wildman–Crippen LogP) is 4.33. The lowest BCUT2D eigenvalue weighted by molar-refractivity contribution is 0.134. The van der Waals surface area contributed by atoms with Gasteiger partial charge in [0, 0.05) is 5.92 Å². The number of aliphatic hydroxyl groups is 1. The molecule has 0 spiro atoms. The van der Waals surface area contributed by atoms with Crippen molar-refractivity contribution in [1.29, 1.82) is 0 Å². The lowest BCUT2D eigenvalue weighted by atomic mass is 9.72. The van der Waals surface area contributed by atoms with Gasteiger partial charge in [-0.05, 0) is 47.4 Å². The molecule has 1 heteroatoms. The van der Waals surface area contributed by atoms with Crippen LogP contribution >= 0.6 is 0 Å². The molecule has 1 saturated carbocycles. The molecule has 0 aliphatic heterocycles. The molecule has 2 aliphatic rings. The fraction of sp³-hybridized carbons (Fsp3) is 0.368. The third-order valence-electron chi connectivity index (χ3n) is 5.10. The molecule has 1 fully saturated rings. The minimum Gasteiger partial charge on any atom is -0.388 e. The molecule has 2 aromatic carbocycles. The number of hydrogen-bond donors (Lipinski definition) is 1. The number of benzene rings is 2. The van der Waals surface area contributed by atoms with E-state index in [9.17, 15) is 5.11 Å². The molecule has 0 amide bonds. The van der Waals surface area contributed by atoms with Crippen LogP contribution in [0.15, 0.2) is 48.5 Å². The lowest BCUT2D eigenvalue weighted by Gasteiger charge is -2.34. The maximum atomic E-state index is 10.7. The Morgan fingerprint density at radius 1 is 1.00 bits per heavy atom. The van der Waals surface area contributed by atoms with Gasteiger partial charge in [0.05, 0.1) is 6.10 Å². The van der Waals surface area contributed by atoms with E-state index in [0.717, 1.165) is 17.9 Å². The molecular formula is C19H20O. The predicted molar refractivity (Wildman–Crippen MR) is 80.9 cm³/mol. The summed E-state index contributed by atoms with van der Waals surface area (Å²) in [5, 5.41) is 10.7. The summed E-state index contributed by atoms with van der Waals surface area (Å²) >= 11 is 0. The van der Waals surface area contributed by atoms with Crippen LogP contribution in [0.4, 0.5) is 0 Å². The van der Waals surface area contributed by atoms with Crippen LogP contribution in [0.25, 0.3) is 0 Å². The standard InChI is InChI=1S/C19H20O/c20-19(18-12-15-5-1-2-10-17(15)18)16-9-4-8-14(11-16)13-6-3-7-13/h1-2,4-5,8-11,13,18-20H,3,6-7,12H2. The first-order valence-corrected chi connectivity index (χ1v) is 7.68. The van der Waals surface area contributed by atoms with Crippen LogP contribution in [0.1, 0.15) is 59.5 Å². The Balaban J connectivity index is 1.59. The van der Waals surface area contributed by atoms with Gasteiger partial charge >= 0.3 is 0 Å². The molecule has 0 radical (unpaired) electrons. The maximum Gasteiger partial charge on any atom is 0.0861 e. The Kier molecular flexibility index (Phi) is 2.89. The molecule has 0 aromatic heterocycles. The zero-order chi connectivity index (χ0) is 13.5. The van der Waals surface area contributed by atoms with E-state index in [2.05, 4.69) is 48.5 Å². The Bertz CT molecular complexity index is 627. The van der Waals surface area contributed by atoms with E-state index in [0.29, 0.717) is 0 Å². The fourth-order valence-electron chi connectivity index (χ4n) is 3.55. The zero-order valence-corrected chi connectivity index (χ0v) is 11.6. The highest BCUT2D eigenvalue weighted by Crippen LogP contribution is 2.44. The summed E-state index contributed by atoms with van der Waals surface area (Å²) in [6.07, 6.45) is 4.63. The van der Waals surface area contributed by atoms with Gasteiger partial charge in [-0.1, -0.05) is 55.0 Å². The first kappa shape index (κ1) is 12.2. The Morgan fingerprint density at radius 3 is 2.60 bits per heavy atom. The van der Waals surface area contributed by atoms with Crippen LogP contribution in [-0.4, -0.2) is 5.11 Å². The molecule has 102 valence electrons. The molecule has 20 heavy (non-hydrogen) atoms. The molecular weight excluding hydrogens is 244 g/mol. The molecule has 1 nitrogen and oxygen atoms in total. The van der Waals surface area contributed by atoms with Crippen molar-refractivity contribution in [2.45, 2.75) is 43.6 Å². The highest BCUT2D eigenvalue weighted by Gasteiger charge is 2.32. The van der Waals surface area contributed by atoms with Crippen LogP contribution in [0, 0.1) is 0 Å². The first-order valence-electron chi connectivity index (χ1n) is 7.68. The smallest absolute Gasteiger partial charge is 0.0861 e. The molecule has 2 aliphatic carbocycles. The molecule has 0 heterocycles. The minimum atomic E-state index is -0.357. The maximum absolute atomic E-state index is 10.7. The lowest BCUT2D eigenvalue weighted by Crippen LogP contribution is -2.23. The van der Waals surface area contributed by atoms with Crippen LogP contribution < -0.4 is 0 Å². The Hall–Kier alpha value is -1.60. The normalized spacial score (nSPS) is 22.6. The van der Waals surface area contributed by atoms with Crippen LogP contribution in [0.3, 0.4) is 0 Å². The largest absolute Gasteiger partial charge is 0.388 e. The van der Waals surface area contributed by atoms with Gasteiger partial charge in [0.2, 0.25) is 0 Å². The molecule has 2 aromatic rings. The topological polar surface area (TPSA) is 20.2 Å². The summed E-state index contributed by atoms with van der Waals surface area (Å²) in [6, 6.07) is 17.1. The first-order chi connectivity index (χ1) is 9.83. The van der Waals surface area contributed by atoms with E-state index >= 15 is 0 Å². The van der Waals surface area contributed by atoms with Crippen molar-refractivity contribution in [3.05, 3.63) is 70.8 Å². The second-order valence-corrected chi connectivity index (χ2v) is 6.25. The van der Waals surface area contributed by atoms with Crippen LogP contribution in [-0.2, 0) is 6.42 Å². The summed E-state index contributed by atoms with van der Waals surface area (Å²) < 4.78 is 0. The zero-order valence-electron chi connectivity index (χ0n) is 11.6. The summed E-state index contributed by atoms with van der Waals surface area (Å²) in [7, 11) is 0. The van der Waals surface area contributed by atoms with Crippen molar-refractivity contribution in [1.82, 2.24) is 0 Å². The number of rotatable bonds is 3. The molecule has 2 atom stereocenters. The van der Waals surface area contributed by atoms with Crippen LogP contribution in [0.2, 0.25) is 0 Å². The third kappa shape index (κ3) is 1.89. The van der Waals surface area contributed by atoms with Gasteiger partial charge in [0.25, 0.3) is 0 Å². The van der Waals surface area contributed by atoms with E-state index in [1.54, 1.807) is 0 Å². The van der Waals surface area contributed by atoms with Gasteiger partial charge in [-0.15, -0.1) is 0 Å². The average molecular weight is 264 g/mol. The van der Waals surface area contributed by atoms with Crippen molar-refractivity contribution in [2.24, 2.45) is 0 Å². The molecule has 0 saturated heterocycles. The molecule has 2 unspecified atom stereocenters. The molecule has 0 bridgehead atoms. The number of fused-ring (bicyclic) bond motifs is 1. The van der Waals surface area contributed by atoms with Crippen molar-refractivity contribution in [3.63, 3.8) is 0 Å². The van der Waals surface area contributed by atoms with E-state index in [1.807, 2.05) is 0 Å². The number of aliphatic hydroxyl groups excluding tert-OH is 1. The van der Waals surface area contributed by atoms with Gasteiger partial charge in [-0.2, -0.15) is 0 Å². The van der Waals surface area contributed by atoms with Crippen LogP contribution in [0.5, 0.6) is 0 Å². The summed E-state index contributed by atoms with van der Waals surface area (Å²) in [5.74, 6) is 1.01. The highest BCUT2D eigenvalue weighted by atomic mass is 16.3. The van der Waals surface area contributed by atoms with Crippen molar-refractivity contribution >= 4 is 0 Å². The quantitative estimate of drug-likeness (QED) is 0.875. The SMILES string of the molecule is OC(c1cccc(C2CCC2)c1)C1Cc2ccccc21. The van der Waals surface area contributed by atoms with E-state index in [1.165, 1.54) is 36.0 Å². The summed E-state index contributed by atoms with van der Waals surface area (Å²) in [6.45, 7) is 0. The fourth-order valence-corrected chi connectivity index (χ4v) is 3.55. The molecule has 4 rings (SSSR count). The third-order valence-corrected chi connectivity index (χ3v) is 5.10. The van der Waals surface area contributed by atoms with Crippen molar-refractivity contribution in [2.75, 3.05) is 0 Å². The van der Waals surface area contributed by atoms with Gasteiger partial charge in [0.1, 0.15) is 0 Å². The second kappa shape index (κ2) is 4.75. The van der Waals surface area contributed by atoms with Crippen molar-refractivity contribution in [3.8, 4) is 0 Å². The van der Waals surface area contributed by atoms with Gasteiger partial charge in [-0.3, -0.25) is 0 Å². The minimum absolute atomic E-state index is 0.280. The van der Waals surface area contributed by atoms with Crippen molar-refractivity contribution < 1.29 is 5.11 Å². The van der Waals surface area contributed by atoms with E-state index < -0.39 is 0 Å². The van der Waals surface area contributed by atoms with Gasteiger partial charge in [0.15, 0.2) is 0 Å². The Morgan fingerprint density at radius 2 is 1.85 bits per heavy atom. The average Bonchev–Trinajstić information content (AvgIpc) is 2.38. The highest BCUT2D eigenvalue weighted by molar-refractivity contribution is 5.43. The number of hydrogen-bond acceptors (Lipinski definition) is 1. The van der Waals surface area contributed by atoms with Gasteiger partial charge in [-0.25, -0.2) is 0 Å². The van der Waals surface area contributed by atoms with Gasteiger partial charge < -0.3 is 5.11 Å². The summed E-state index contributed by atoms with van der Waals surface area (Å²) in [5.41, 5.74) is 5.23. The van der Waals surface area contributed by atoms with E-state index in [-0.39, 0.29) is 12.0 Å². The monoisotopic (exact) mass is 264 g/mol.